The fourth-order valence-electron chi connectivity index (χ4n) is 2.90. The van der Waals surface area contributed by atoms with Crippen molar-refractivity contribution >= 4 is 23.4 Å². The van der Waals surface area contributed by atoms with E-state index in [0.29, 0.717) is 28.4 Å². The lowest BCUT2D eigenvalue weighted by Crippen LogP contribution is -2.15. The van der Waals surface area contributed by atoms with Crippen molar-refractivity contribution in [3.05, 3.63) is 75.8 Å². The summed E-state index contributed by atoms with van der Waals surface area (Å²) in [5, 5.41) is 4.61. The quantitative estimate of drug-likeness (QED) is 0.442. The van der Waals surface area contributed by atoms with Crippen molar-refractivity contribution in [2.75, 3.05) is 13.7 Å². The molecule has 0 radical (unpaired) electrons. The van der Waals surface area contributed by atoms with Crippen LogP contribution in [0.15, 0.2) is 42.5 Å². The number of methoxy groups -OCH3 is 1. The summed E-state index contributed by atoms with van der Waals surface area (Å²) in [5.74, 6) is -0.989. The van der Waals surface area contributed by atoms with E-state index in [1.807, 2.05) is 0 Å². The number of halogens is 2. The minimum absolute atomic E-state index is 0.259. The summed E-state index contributed by atoms with van der Waals surface area (Å²) < 4.78 is 24.9. The second-order valence-electron chi connectivity index (χ2n) is 6.28. The minimum atomic E-state index is -0.665. The first-order valence-corrected chi connectivity index (χ1v) is 9.05. The molecular formula is C21H18ClFN2O4. The summed E-state index contributed by atoms with van der Waals surface area (Å²) >= 11 is 6.03. The van der Waals surface area contributed by atoms with E-state index in [9.17, 15) is 14.0 Å². The maximum absolute atomic E-state index is 13.1. The second kappa shape index (κ2) is 8.45. The lowest BCUT2D eigenvalue weighted by Gasteiger charge is -2.07. The van der Waals surface area contributed by atoms with Crippen molar-refractivity contribution < 1.29 is 23.5 Å². The molecule has 0 aliphatic carbocycles. The Hall–Kier alpha value is -3.19. The summed E-state index contributed by atoms with van der Waals surface area (Å²) in [6.45, 7) is 2.92. The Morgan fingerprint density at radius 3 is 2.45 bits per heavy atom. The average Bonchev–Trinajstić information content (AvgIpc) is 3.00. The van der Waals surface area contributed by atoms with Crippen LogP contribution in [0.25, 0.3) is 5.69 Å². The highest BCUT2D eigenvalue weighted by molar-refractivity contribution is 6.32. The van der Waals surface area contributed by atoms with Crippen molar-refractivity contribution in [2.24, 2.45) is 0 Å². The van der Waals surface area contributed by atoms with Gasteiger partial charge in [-0.3, -0.25) is 4.79 Å². The number of rotatable bonds is 6. The zero-order chi connectivity index (χ0) is 21.1. The average molecular weight is 417 g/mol. The number of ether oxygens (including phenoxy) is 2. The number of carbonyl (C=O) groups excluding carboxylic acids is 2. The molecule has 1 heterocycles. The number of esters is 1. The van der Waals surface area contributed by atoms with Crippen molar-refractivity contribution in [1.82, 2.24) is 9.78 Å². The first-order chi connectivity index (χ1) is 13.8. The lowest BCUT2D eigenvalue weighted by molar-refractivity contribution is 0.0473. The van der Waals surface area contributed by atoms with Gasteiger partial charge in [-0.15, -0.1) is 0 Å². The van der Waals surface area contributed by atoms with Crippen molar-refractivity contribution in [1.29, 1.82) is 0 Å². The Balaban J connectivity index is 1.75. The smallest absolute Gasteiger partial charge is 0.342 e. The van der Waals surface area contributed by atoms with Crippen molar-refractivity contribution in [3.8, 4) is 11.4 Å². The highest BCUT2D eigenvalue weighted by Gasteiger charge is 2.22. The monoisotopic (exact) mass is 416 g/mol. The van der Waals surface area contributed by atoms with Gasteiger partial charge < -0.3 is 9.47 Å². The first kappa shape index (κ1) is 20.5. The van der Waals surface area contributed by atoms with E-state index >= 15 is 0 Å². The third kappa shape index (κ3) is 4.30. The minimum Gasteiger partial charge on any atom is -0.495 e. The molecular weight excluding hydrogens is 399 g/mol. The SMILES string of the molecule is COc1ccc(C(=O)COC(=O)c2c(C)nn(-c3ccc(F)cc3)c2C)cc1Cl. The van der Waals surface area contributed by atoms with Gasteiger partial charge in [0.2, 0.25) is 0 Å². The van der Waals surface area contributed by atoms with Crippen LogP contribution in [0.3, 0.4) is 0 Å². The fourth-order valence-corrected chi connectivity index (χ4v) is 3.16. The molecule has 150 valence electrons. The number of carbonyl (C=O) groups is 2. The molecule has 29 heavy (non-hydrogen) atoms. The number of benzene rings is 2. The maximum atomic E-state index is 13.1. The van der Waals surface area contributed by atoms with Crippen LogP contribution < -0.4 is 4.74 Å². The van der Waals surface area contributed by atoms with Crippen LogP contribution in [0.5, 0.6) is 5.75 Å². The maximum Gasteiger partial charge on any atom is 0.342 e. The van der Waals surface area contributed by atoms with Gasteiger partial charge in [0.1, 0.15) is 17.1 Å². The Kier molecular flexibility index (Phi) is 5.98. The third-order valence-electron chi connectivity index (χ3n) is 4.37. The molecule has 0 aliphatic heterocycles. The van der Waals surface area contributed by atoms with E-state index in [0.717, 1.165) is 0 Å². The van der Waals surface area contributed by atoms with Crippen LogP contribution in [0.1, 0.15) is 32.1 Å². The molecule has 3 aromatic rings. The number of aromatic nitrogens is 2. The highest BCUT2D eigenvalue weighted by Crippen LogP contribution is 2.25. The largest absolute Gasteiger partial charge is 0.495 e. The first-order valence-electron chi connectivity index (χ1n) is 8.68. The molecule has 0 N–H and O–H groups in total. The molecule has 0 atom stereocenters. The number of aryl methyl sites for hydroxylation is 1. The normalized spacial score (nSPS) is 10.7. The highest BCUT2D eigenvalue weighted by atomic mass is 35.5. The Bertz CT molecular complexity index is 1080. The molecule has 1 aromatic heterocycles. The number of Topliss-reactive ketones (excluding diaryl/α,β-unsaturated/α-hetero) is 1. The van der Waals surface area contributed by atoms with Gasteiger partial charge in [0.05, 0.1) is 29.2 Å². The van der Waals surface area contributed by atoms with E-state index in [2.05, 4.69) is 5.10 Å². The van der Waals surface area contributed by atoms with Crippen molar-refractivity contribution in [3.63, 3.8) is 0 Å². The molecule has 0 amide bonds. The third-order valence-corrected chi connectivity index (χ3v) is 4.67. The topological polar surface area (TPSA) is 70.4 Å². The number of hydrogen-bond donors (Lipinski definition) is 0. The predicted molar refractivity (Wildman–Crippen MR) is 106 cm³/mol. The molecule has 0 fully saturated rings. The van der Waals surface area contributed by atoms with E-state index in [-0.39, 0.29) is 16.4 Å². The Labute approximate surface area is 171 Å². The zero-order valence-electron chi connectivity index (χ0n) is 16.0. The fraction of sp³-hybridized carbons (Fsp3) is 0.190. The van der Waals surface area contributed by atoms with Gasteiger partial charge in [-0.1, -0.05) is 11.6 Å². The summed E-state index contributed by atoms with van der Waals surface area (Å²) in [4.78, 5) is 24.9. The summed E-state index contributed by atoms with van der Waals surface area (Å²) in [7, 11) is 1.47. The summed E-state index contributed by atoms with van der Waals surface area (Å²) in [6.07, 6.45) is 0. The van der Waals surface area contributed by atoms with Crippen LogP contribution in [-0.2, 0) is 4.74 Å². The zero-order valence-corrected chi connectivity index (χ0v) is 16.8. The molecule has 0 saturated carbocycles. The standard InChI is InChI=1S/C21H18ClFN2O4/c1-12-20(13(2)25(24-12)16-7-5-15(23)6-8-16)21(27)29-11-18(26)14-4-9-19(28-3)17(22)10-14/h4-10H,11H2,1-3H3. The van der Waals surface area contributed by atoms with E-state index in [1.54, 1.807) is 38.1 Å². The van der Waals surface area contributed by atoms with Crippen LogP contribution in [0.2, 0.25) is 5.02 Å². The van der Waals surface area contributed by atoms with Crippen LogP contribution in [0, 0.1) is 19.7 Å². The Morgan fingerprint density at radius 1 is 1.14 bits per heavy atom. The Morgan fingerprint density at radius 2 is 1.83 bits per heavy atom. The number of ketones is 1. The summed E-state index contributed by atoms with van der Waals surface area (Å²) in [5.41, 5.74) is 2.14. The molecule has 0 spiro atoms. The van der Waals surface area contributed by atoms with E-state index in [1.165, 1.54) is 30.0 Å². The second-order valence-corrected chi connectivity index (χ2v) is 6.69. The van der Waals surface area contributed by atoms with E-state index < -0.39 is 18.4 Å². The molecule has 6 nitrogen and oxygen atoms in total. The van der Waals surface area contributed by atoms with Gasteiger partial charge >= 0.3 is 5.97 Å². The number of hydrogen-bond acceptors (Lipinski definition) is 5. The molecule has 8 heteroatoms. The molecule has 3 rings (SSSR count). The lowest BCUT2D eigenvalue weighted by atomic mass is 10.1. The molecule has 0 aliphatic rings. The molecule has 0 unspecified atom stereocenters. The van der Waals surface area contributed by atoms with Gasteiger partial charge in [0.15, 0.2) is 12.4 Å². The van der Waals surface area contributed by atoms with Gasteiger partial charge in [-0.25, -0.2) is 13.9 Å². The molecule has 0 saturated heterocycles. The summed E-state index contributed by atoms with van der Waals surface area (Å²) in [6, 6.07) is 10.3. The van der Waals surface area contributed by atoms with E-state index in [4.69, 9.17) is 21.1 Å². The van der Waals surface area contributed by atoms with Gasteiger partial charge in [-0.2, -0.15) is 5.10 Å². The molecule has 2 aromatic carbocycles. The van der Waals surface area contributed by atoms with Crippen LogP contribution in [0.4, 0.5) is 4.39 Å². The molecule has 0 bridgehead atoms. The van der Waals surface area contributed by atoms with Crippen LogP contribution in [-0.4, -0.2) is 35.2 Å². The predicted octanol–water partition coefficient (Wildman–Crippen LogP) is 4.33. The number of nitrogens with zero attached hydrogens (tertiary/aromatic N) is 2. The van der Waals surface area contributed by atoms with Crippen molar-refractivity contribution in [2.45, 2.75) is 13.8 Å². The van der Waals surface area contributed by atoms with Gasteiger partial charge in [0, 0.05) is 5.56 Å². The van der Waals surface area contributed by atoms with Gasteiger partial charge in [0.25, 0.3) is 0 Å². The van der Waals surface area contributed by atoms with Crippen LogP contribution >= 0.6 is 11.6 Å². The van der Waals surface area contributed by atoms with Gasteiger partial charge in [-0.05, 0) is 56.3 Å².